The highest BCUT2D eigenvalue weighted by Gasteiger charge is 2.53. The molecule has 1 aliphatic heterocycles. The number of terminal acetylenes is 1. The molecule has 0 bridgehead atoms. The molecule has 1 amide bonds. The van der Waals surface area contributed by atoms with Crippen LogP contribution in [0.5, 0.6) is 5.75 Å². The summed E-state index contributed by atoms with van der Waals surface area (Å²) in [6.45, 7) is 11.6. The van der Waals surface area contributed by atoms with Crippen molar-refractivity contribution in [2.24, 2.45) is 17.8 Å². The zero-order valence-electron chi connectivity index (χ0n) is 30.3. The van der Waals surface area contributed by atoms with Gasteiger partial charge in [0.2, 0.25) is 5.91 Å². The molecule has 0 aliphatic carbocycles. The molecule has 3 heterocycles. The average Bonchev–Trinajstić information content (AvgIpc) is 3.69. The Labute approximate surface area is 302 Å². The first-order valence-corrected chi connectivity index (χ1v) is 18.7. The second kappa shape index (κ2) is 17.4. The van der Waals surface area contributed by atoms with E-state index in [1.807, 2.05) is 13.8 Å². The first kappa shape index (κ1) is 40.4. The van der Waals surface area contributed by atoms with Crippen LogP contribution in [0.4, 0.5) is 10.2 Å². The van der Waals surface area contributed by atoms with E-state index in [2.05, 4.69) is 31.3 Å². The first-order chi connectivity index (χ1) is 24.6. The number of hydrogen-bond acceptors (Lipinski definition) is 12. The molecule has 17 heteroatoms. The molecule has 15 nitrogen and oxygen atoms in total. The van der Waals surface area contributed by atoms with Gasteiger partial charge < -0.3 is 24.1 Å². The lowest BCUT2D eigenvalue weighted by Gasteiger charge is -2.31. The largest absolute Gasteiger partial charge is 0.464 e. The molecule has 1 saturated heterocycles. The molecule has 282 valence electrons. The van der Waals surface area contributed by atoms with Gasteiger partial charge in [0.15, 0.2) is 22.6 Å². The Morgan fingerprint density at radius 2 is 1.79 bits per heavy atom. The molecule has 1 aliphatic rings. The number of esters is 2. The van der Waals surface area contributed by atoms with Crippen LogP contribution in [0.3, 0.4) is 0 Å². The lowest BCUT2D eigenvalue weighted by Crippen LogP contribution is -2.46. The molecular weight excluding hydrogens is 698 g/mol. The summed E-state index contributed by atoms with van der Waals surface area (Å²) >= 11 is 0. The molecule has 0 unspecified atom stereocenters. The molecule has 52 heavy (non-hydrogen) atoms. The molecule has 2 aromatic heterocycles. The minimum Gasteiger partial charge on any atom is -0.464 e. The fraction of sp³-hybridized carbons (Fsp3) is 0.543. The van der Waals surface area contributed by atoms with Gasteiger partial charge in [0.25, 0.3) is 0 Å². The van der Waals surface area contributed by atoms with Crippen LogP contribution in [0, 0.1) is 36.2 Å². The number of carbonyl (C=O) groups excluding carboxylic acids is 3. The Bertz CT molecular complexity index is 1810. The number of imidazole rings is 1. The number of anilines is 1. The zero-order chi connectivity index (χ0) is 38.2. The van der Waals surface area contributed by atoms with Crippen molar-refractivity contribution in [1.29, 1.82) is 0 Å². The molecule has 0 radical (unpaired) electrons. The van der Waals surface area contributed by atoms with Crippen LogP contribution in [-0.4, -0.2) is 68.3 Å². The summed E-state index contributed by atoms with van der Waals surface area (Å²) < 4.78 is 59.8. The van der Waals surface area contributed by atoms with Crippen molar-refractivity contribution in [3.05, 3.63) is 42.7 Å². The van der Waals surface area contributed by atoms with Gasteiger partial charge in [0, 0.05) is 12.3 Å². The quantitative estimate of drug-likeness (QED) is 0.0757. The molecule has 5 atom stereocenters. The van der Waals surface area contributed by atoms with Crippen molar-refractivity contribution < 1.29 is 46.6 Å². The summed E-state index contributed by atoms with van der Waals surface area (Å²) in [6.07, 6.45) is 5.50. The Balaban J connectivity index is 1.66. The number of halogens is 1. The molecule has 1 aromatic carbocycles. The van der Waals surface area contributed by atoms with Crippen LogP contribution in [0.1, 0.15) is 74.0 Å². The van der Waals surface area contributed by atoms with Crippen LogP contribution in [0.2, 0.25) is 0 Å². The monoisotopic (exact) mass is 744 g/mol. The van der Waals surface area contributed by atoms with Crippen LogP contribution in [0.15, 0.2) is 36.7 Å². The lowest BCUT2D eigenvalue weighted by molar-refractivity contribution is -0.161. The highest BCUT2D eigenvalue weighted by Crippen LogP contribution is 2.48. The lowest BCUT2D eigenvalue weighted by atomic mass is 9.98. The fourth-order valence-electron chi connectivity index (χ4n) is 5.10. The van der Waals surface area contributed by atoms with Crippen molar-refractivity contribution in [3.63, 3.8) is 0 Å². The maximum atomic E-state index is 14.7. The maximum Gasteiger partial charge on any atom is 0.459 e. The third kappa shape index (κ3) is 9.71. The Hall–Kier alpha value is -4.42. The number of nitrogens with zero attached hydrogens (tertiary/aromatic N) is 4. The molecular formula is C35H46FN6O9P. The van der Waals surface area contributed by atoms with Crippen LogP contribution in [0.25, 0.3) is 11.2 Å². The second-order valence-electron chi connectivity index (χ2n) is 13.1. The predicted molar refractivity (Wildman–Crippen MR) is 188 cm³/mol. The van der Waals surface area contributed by atoms with Gasteiger partial charge in [-0.25, -0.2) is 9.55 Å². The van der Waals surface area contributed by atoms with Crippen molar-refractivity contribution in [1.82, 2.24) is 24.6 Å². The summed E-state index contributed by atoms with van der Waals surface area (Å²) in [5.41, 5.74) is -1.86. The van der Waals surface area contributed by atoms with Crippen LogP contribution in [-0.2, 0) is 37.7 Å². The maximum absolute atomic E-state index is 14.7. The first-order valence-electron chi connectivity index (χ1n) is 17.1. The molecule has 3 aromatic rings. The van der Waals surface area contributed by atoms with Crippen molar-refractivity contribution >= 4 is 42.6 Å². The van der Waals surface area contributed by atoms with Gasteiger partial charge in [-0.15, -0.1) is 6.42 Å². The average molecular weight is 745 g/mol. The van der Waals surface area contributed by atoms with Crippen LogP contribution >= 0.6 is 7.75 Å². The van der Waals surface area contributed by atoms with E-state index in [9.17, 15) is 23.3 Å². The van der Waals surface area contributed by atoms with E-state index in [1.165, 1.54) is 17.8 Å². The van der Waals surface area contributed by atoms with Gasteiger partial charge in [-0.2, -0.15) is 19.4 Å². The number of nitrogens with one attached hydrogen (secondary N) is 2. The SMILES string of the molecule is C#C[C@]1(CO[P@@](=O)(N[C@@H](C)C(=O)OCC(CC)CC)Oc2ccccc2)O[C@@H](n2cnc3c(NC(=O)C(C)C)nc(F)nc32)C[C@@H]1OC(=O)C(C)C. The van der Waals surface area contributed by atoms with Crippen molar-refractivity contribution in [2.75, 3.05) is 18.5 Å². The highest BCUT2D eigenvalue weighted by atomic mass is 31.2. The number of benzene rings is 1. The number of fused-ring (bicyclic) bond motifs is 1. The topological polar surface area (TPSA) is 182 Å². The third-order valence-electron chi connectivity index (χ3n) is 8.47. The Kier molecular flexibility index (Phi) is 13.5. The number of aromatic nitrogens is 4. The minimum absolute atomic E-state index is 0.0419. The number of rotatable bonds is 17. The van der Waals surface area contributed by atoms with E-state index < -0.39 is 74.1 Å². The van der Waals surface area contributed by atoms with E-state index in [-0.39, 0.29) is 41.7 Å². The second-order valence-corrected chi connectivity index (χ2v) is 14.8. The molecule has 4 rings (SSSR count). The van der Waals surface area contributed by atoms with E-state index in [1.54, 1.807) is 58.0 Å². The summed E-state index contributed by atoms with van der Waals surface area (Å²) in [7, 11) is -4.45. The molecule has 1 fully saturated rings. The van der Waals surface area contributed by atoms with Gasteiger partial charge in [-0.1, -0.05) is 78.5 Å². The molecule has 2 N–H and O–H groups in total. The Morgan fingerprint density at radius 1 is 1.10 bits per heavy atom. The van der Waals surface area contributed by atoms with Gasteiger partial charge in [-0.3, -0.25) is 23.5 Å². The molecule has 0 saturated carbocycles. The third-order valence-corrected chi connectivity index (χ3v) is 10.1. The number of ether oxygens (including phenoxy) is 3. The number of carbonyl (C=O) groups is 3. The summed E-state index contributed by atoms with van der Waals surface area (Å²) in [5, 5.41) is 5.19. The summed E-state index contributed by atoms with van der Waals surface area (Å²) in [6, 6.07) is 6.99. The van der Waals surface area contributed by atoms with E-state index in [4.69, 9.17) is 29.7 Å². The highest BCUT2D eigenvalue weighted by molar-refractivity contribution is 7.52. The number of para-hydroxylation sites is 1. The van der Waals surface area contributed by atoms with E-state index in [0.29, 0.717) is 0 Å². The normalized spacial score (nSPS) is 20.4. The zero-order valence-corrected chi connectivity index (χ0v) is 31.2. The van der Waals surface area contributed by atoms with Crippen molar-refractivity contribution in [3.8, 4) is 18.1 Å². The van der Waals surface area contributed by atoms with E-state index >= 15 is 0 Å². The van der Waals surface area contributed by atoms with Crippen molar-refractivity contribution in [2.45, 2.75) is 91.7 Å². The standard InChI is InChI=1S/C35H46FN6O9P/c1-9-24(10-2)18-47-33(45)23(8)41-52(46,51-25-15-13-12-14-16-25)48-19-35(11-3)26(49-32(44)22(6)7)17-27(50-35)42-20-37-28-29(38-31(43)21(4)5)39-34(36)40-30(28)42/h3,12-16,20-24,26-27H,9-10,17-19H2,1-2,4-8H3,(H,41,46)(H,38,39,40,43)/t23-,26-,27+,35+,52-/m0/s1. The van der Waals surface area contributed by atoms with E-state index in [0.717, 1.165) is 12.8 Å². The predicted octanol–water partition coefficient (Wildman–Crippen LogP) is 5.58. The fourth-order valence-corrected chi connectivity index (χ4v) is 6.63. The Morgan fingerprint density at radius 3 is 2.40 bits per heavy atom. The summed E-state index contributed by atoms with van der Waals surface area (Å²) in [5.74, 6) is 0.000763. The smallest absolute Gasteiger partial charge is 0.459 e. The summed E-state index contributed by atoms with van der Waals surface area (Å²) in [4.78, 5) is 50.1. The van der Waals surface area contributed by atoms with Gasteiger partial charge in [-0.05, 0) is 25.0 Å². The van der Waals surface area contributed by atoms with Gasteiger partial charge in [0.1, 0.15) is 30.7 Å². The minimum atomic E-state index is -4.45. The number of amides is 1. The van der Waals surface area contributed by atoms with Gasteiger partial charge >= 0.3 is 25.8 Å². The molecule has 0 spiro atoms. The van der Waals surface area contributed by atoms with Gasteiger partial charge in [0.05, 0.1) is 18.9 Å². The van der Waals surface area contributed by atoms with Crippen LogP contribution < -0.4 is 14.9 Å². The number of hydrogen-bond donors (Lipinski definition) is 2.